The summed E-state index contributed by atoms with van der Waals surface area (Å²) in [4.78, 5) is 23.8. The van der Waals surface area contributed by atoms with Crippen LogP contribution >= 0.6 is 0 Å². The first-order valence-corrected chi connectivity index (χ1v) is 6.90. The Balaban J connectivity index is 1.73. The molecule has 0 unspecified atom stereocenters. The number of fused-ring (bicyclic) bond motifs is 1. The Morgan fingerprint density at radius 2 is 2.00 bits per heavy atom. The van der Waals surface area contributed by atoms with Gasteiger partial charge < -0.3 is 19.2 Å². The summed E-state index contributed by atoms with van der Waals surface area (Å²) in [6.07, 6.45) is 2.33. The number of rotatable bonds is 5. The Hall–Kier alpha value is -2.76. The fraction of sp³-hybridized carbons (Fsp3) is 0.250. The van der Waals surface area contributed by atoms with Gasteiger partial charge in [-0.1, -0.05) is 0 Å². The van der Waals surface area contributed by atoms with Crippen LogP contribution in [0.4, 0.5) is 5.69 Å². The first-order valence-electron chi connectivity index (χ1n) is 6.90. The molecule has 0 spiro atoms. The van der Waals surface area contributed by atoms with Crippen molar-refractivity contribution < 1.29 is 23.5 Å². The van der Waals surface area contributed by atoms with Crippen LogP contribution < -0.4 is 14.8 Å². The summed E-state index contributed by atoms with van der Waals surface area (Å²) in [5.41, 5.74) is 0.830. The lowest BCUT2D eigenvalue weighted by Gasteiger charge is -2.10. The van der Waals surface area contributed by atoms with Crippen LogP contribution in [0.3, 0.4) is 0 Å². The maximum atomic E-state index is 12.0. The number of amides is 1. The lowest BCUT2D eigenvalue weighted by Crippen LogP contribution is -2.14. The van der Waals surface area contributed by atoms with Crippen LogP contribution in [0.5, 0.6) is 11.5 Å². The van der Waals surface area contributed by atoms with E-state index in [-0.39, 0.29) is 24.9 Å². The Bertz CT molecular complexity index is 706. The zero-order valence-corrected chi connectivity index (χ0v) is 12.0. The van der Waals surface area contributed by atoms with Crippen LogP contribution in [0.2, 0.25) is 0 Å². The molecule has 0 radical (unpaired) electrons. The summed E-state index contributed by atoms with van der Waals surface area (Å²) in [6.45, 7) is 1.55. The molecule has 3 rings (SSSR count). The number of ether oxygens (including phenoxy) is 2. The summed E-state index contributed by atoms with van der Waals surface area (Å²) >= 11 is 0. The molecular weight excluding hydrogens is 286 g/mol. The minimum Gasteiger partial charge on any atom is -0.469 e. The van der Waals surface area contributed by atoms with Gasteiger partial charge in [0.15, 0.2) is 17.3 Å². The van der Waals surface area contributed by atoms with Gasteiger partial charge in [0.25, 0.3) is 0 Å². The fourth-order valence-corrected chi connectivity index (χ4v) is 2.24. The Morgan fingerprint density at radius 3 is 2.68 bits per heavy atom. The molecule has 1 aliphatic rings. The van der Waals surface area contributed by atoms with E-state index in [0.717, 1.165) is 5.76 Å². The van der Waals surface area contributed by atoms with Crippen LogP contribution in [-0.4, -0.2) is 18.5 Å². The average Bonchev–Trinajstić information content (AvgIpc) is 3.15. The van der Waals surface area contributed by atoms with Crippen molar-refractivity contribution in [3.8, 4) is 11.5 Å². The van der Waals surface area contributed by atoms with E-state index in [4.69, 9.17) is 13.9 Å². The van der Waals surface area contributed by atoms with Gasteiger partial charge in [-0.3, -0.25) is 9.59 Å². The highest BCUT2D eigenvalue weighted by Crippen LogP contribution is 2.37. The van der Waals surface area contributed by atoms with Crippen LogP contribution in [0.1, 0.15) is 29.5 Å². The molecule has 0 saturated carbocycles. The third-order valence-corrected chi connectivity index (χ3v) is 3.34. The van der Waals surface area contributed by atoms with E-state index in [2.05, 4.69) is 5.32 Å². The Morgan fingerprint density at radius 1 is 1.23 bits per heavy atom. The number of hydrogen-bond donors (Lipinski definition) is 1. The van der Waals surface area contributed by atoms with Crippen LogP contribution in [0, 0.1) is 0 Å². The molecule has 1 N–H and O–H groups in total. The molecule has 0 bridgehead atoms. The SMILES string of the molecule is CC(=O)c1cc2c(cc1NC(=O)CCc1ccco1)OCO2. The molecule has 1 aliphatic heterocycles. The summed E-state index contributed by atoms with van der Waals surface area (Å²) in [5.74, 6) is 1.43. The minimum absolute atomic E-state index is 0.114. The standard InChI is InChI=1S/C16H15NO5/c1-10(18)12-7-14-15(22-9-21-14)8-13(12)17-16(19)5-4-11-3-2-6-20-11/h2-3,6-8H,4-5,9H2,1H3,(H,17,19). The molecule has 0 aliphatic carbocycles. The van der Waals surface area contributed by atoms with Crippen molar-refractivity contribution in [1.29, 1.82) is 0 Å². The largest absolute Gasteiger partial charge is 0.469 e. The third-order valence-electron chi connectivity index (χ3n) is 3.34. The first-order chi connectivity index (χ1) is 10.6. The zero-order chi connectivity index (χ0) is 15.5. The molecule has 6 heteroatoms. The van der Waals surface area contributed by atoms with Gasteiger partial charge in [-0.15, -0.1) is 0 Å². The molecule has 1 amide bonds. The number of furan rings is 1. The van der Waals surface area contributed by atoms with Crippen molar-refractivity contribution in [2.45, 2.75) is 19.8 Å². The number of benzene rings is 1. The molecule has 114 valence electrons. The second-order valence-corrected chi connectivity index (χ2v) is 4.93. The molecule has 1 aromatic heterocycles. The number of hydrogen-bond acceptors (Lipinski definition) is 5. The van der Waals surface area contributed by atoms with Crippen molar-refractivity contribution in [3.05, 3.63) is 41.9 Å². The number of carbonyl (C=O) groups excluding carboxylic acids is 2. The van der Waals surface area contributed by atoms with E-state index < -0.39 is 0 Å². The highest BCUT2D eigenvalue weighted by Gasteiger charge is 2.20. The van der Waals surface area contributed by atoms with E-state index in [1.54, 1.807) is 24.5 Å². The fourth-order valence-electron chi connectivity index (χ4n) is 2.24. The lowest BCUT2D eigenvalue weighted by molar-refractivity contribution is -0.116. The third kappa shape index (κ3) is 2.95. The predicted octanol–water partition coefficient (Wildman–Crippen LogP) is 2.78. The molecule has 2 heterocycles. The zero-order valence-electron chi connectivity index (χ0n) is 12.0. The van der Waals surface area contributed by atoms with E-state index in [1.807, 2.05) is 6.07 Å². The molecule has 22 heavy (non-hydrogen) atoms. The quantitative estimate of drug-likeness (QED) is 0.859. The molecule has 0 atom stereocenters. The maximum absolute atomic E-state index is 12.0. The smallest absolute Gasteiger partial charge is 0.231 e. The average molecular weight is 301 g/mol. The van der Waals surface area contributed by atoms with E-state index >= 15 is 0 Å². The lowest BCUT2D eigenvalue weighted by atomic mass is 10.1. The van der Waals surface area contributed by atoms with Gasteiger partial charge in [0.2, 0.25) is 12.7 Å². The van der Waals surface area contributed by atoms with E-state index in [0.29, 0.717) is 29.2 Å². The summed E-state index contributed by atoms with van der Waals surface area (Å²) < 4.78 is 15.7. The minimum atomic E-state index is -0.197. The predicted molar refractivity (Wildman–Crippen MR) is 78.2 cm³/mol. The van der Waals surface area contributed by atoms with Gasteiger partial charge in [-0.25, -0.2) is 0 Å². The van der Waals surface area contributed by atoms with Crippen LogP contribution in [-0.2, 0) is 11.2 Å². The number of nitrogens with one attached hydrogen (secondary N) is 1. The topological polar surface area (TPSA) is 77.8 Å². The molecule has 2 aromatic rings. The Labute approximate surface area is 127 Å². The maximum Gasteiger partial charge on any atom is 0.231 e. The number of Topliss-reactive ketones (excluding diaryl/α,β-unsaturated/α-hetero) is 1. The Kier molecular flexibility index (Phi) is 3.82. The number of carbonyl (C=O) groups is 2. The van der Waals surface area contributed by atoms with E-state index in [1.165, 1.54) is 6.92 Å². The number of anilines is 1. The van der Waals surface area contributed by atoms with Crippen molar-refractivity contribution in [2.75, 3.05) is 12.1 Å². The highest BCUT2D eigenvalue weighted by atomic mass is 16.7. The summed E-state index contributed by atoms with van der Waals surface area (Å²) in [7, 11) is 0. The van der Waals surface area contributed by atoms with E-state index in [9.17, 15) is 9.59 Å². The monoisotopic (exact) mass is 301 g/mol. The second kappa shape index (κ2) is 5.93. The van der Waals surface area contributed by atoms with Gasteiger partial charge in [0.05, 0.1) is 12.0 Å². The number of aryl methyl sites for hydroxylation is 1. The van der Waals surface area contributed by atoms with Crippen LogP contribution in [0.25, 0.3) is 0 Å². The van der Waals surface area contributed by atoms with Crippen molar-refractivity contribution in [3.63, 3.8) is 0 Å². The van der Waals surface area contributed by atoms with Gasteiger partial charge in [0.1, 0.15) is 5.76 Å². The first kappa shape index (κ1) is 14.2. The normalized spacial score (nSPS) is 12.2. The van der Waals surface area contributed by atoms with Crippen molar-refractivity contribution >= 4 is 17.4 Å². The molecule has 1 aromatic carbocycles. The highest BCUT2D eigenvalue weighted by molar-refractivity contribution is 6.04. The van der Waals surface area contributed by atoms with Gasteiger partial charge >= 0.3 is 0 Å². The molecule has 0 saturated heterocycles. The van der Waals surface area contributed by atoms with Gasteiger partial charge in [-0.2, -0.15) is 0 Å². The van der Waals surface area contributed by atoms with Gasteiger partial charge in [0, 0.05) is 24.5 Å². The molecule has 6 nitrogen and oxygen atoms in total. The van der Waals surface area contributed by atoms with Crippen molar-refractivity contribution in [1.82, 2.24) is 0 Å². The second-order valence-electron chi connectivity index (χ2n) is 4.93. The van der Waals surface area contributed by atoms with Gasteiger partial charge in [-0.05, 0) is 25.1 Å². The summed E-state index contributed by atoms with van der Waals surface area (Å²) in [6, 6.07) is 6.80. The summed E-state index contributed by atoms with van der Waals surface area (Å²) in [5, 5.41) is 2.75. The van der Waals surface area contributed by atoms with Crippen molar-refractivity contribution in [2.24, 2.45) is 0 Å². The molecule has 0 fully saturated rings. The number of ketones is 1. The van der Waals surface area contributed by atoms with Crippen LogP contribution in [0.15, 0.2) is 34.9 Å². The molecular formula is C16H15NO5.